The Labute approximate surface area is 58.8 Å². The summed E-state index contributed by atoms with van der Waals surface area (Å²) < 4.78 is 34.9. The van der Waals surface area contributed by atoms with Crippen LogP contribution in [-0.4, -0.2) is 30.7 Å². The molecule has 0 aromatic carbocycles. The lowest BCUT2D eigenvalue weighted by molar-refractivity contribution is -0.146. The molecule has 1 nitrogen and oxygen atoms in total. The molecule has 0 aliphatic carbocycles. The molecule has 0 aliphatic rings. The second-order valence-corrected chi connectivity index (χ2v) is 2.62. The van der Waals surface area contributed by atoms with Gasteiger partial charge in [0.25, 0.3) is 0 Å². The van der Waals surface area contributed by atoms with E-state index >= 15 is 0 Å². The number of hydrogen-bond acceptors (Lipinski definition) is 1. The third kappa shape index (κ3) is 4.61. The predicted molar refractivity (Wildman–Crippen MR) is 33.8 cm³/mol. The van der Waals surface area contributed by atoms with Gasteiger partial charge in [-0.2, -0.15) is 13.2 Å². The van der Waals surface area contributed by atoms with Crippen molar-refractivity contribution in [2.45, 2.75) is 26.1 Å². The van der Waals surface area contributed by atoms with Gasteiger partial charge in [0.15, 0.2) is 0 Å². The summed E-state index contributed by atoms with van der Waals surface area (Å²) >= 11 is 0. The van der Waals surface area contributed by atoms with E-state index in [4.69, 9.17) is 0 Å². The van der Waals surface area contributed by atoms with E-state index in [-0.39, 0.29) is 6.04 Å². The van der Waals surface area contributed by atoms with Gasteiger partial charge in [0.05, 0.1) is 6.54 Å². The average Bonchev–Trinajstić information content (AvgIpc) is 1.60. The first-order valence-corrected chi connectivity index (χ1v) is 3.10. The Kier molecular flexibility index (Phi) is 3.15. The van der Waals surface area contributed by atoms with Gasteiger partial charge in [-0.3, -0.25) is 4.90 Å². The van der Waals surface area contributed by atoms with Crippen molar-refractivity contribution in [1.29, 1.82) is 0 Å². The van der Waals surface area contributed by atoms with E-state index in [1.165, 1.54) is 11.9 Å². The minimum atomic E-state index is -4.07. The molecule has 0 unspecified atom stereocenters. The number of hydrogen-bond donors (Lipinski definition) is 0. The fraction of sp³-hybridized carbons (Fsp3) is 1.00. The van der Waals surface area contributed by atoms with Crippen molar-refractivity contribution in [2.24, 2.45) is 0 Å². The zero-order chi connectivity index (χ0) is 8.36. The lowest BCUT2D eigenvalue weighted by Gasteiger charge is -2.21. The van der Waals surface area contributed by atoms with Crippen LogP contribution in [0.25, 0.3) is 0 Å². The van der Waals surface area contributed by atoms with Crippen LogP contribution in [0.1, 0.15) is 13.8 Å². The minimum Gasteiger partial charge on any atom is -0.296 e. The van der Waals surface area contributed by atoms with Gasteiger partial charge < -0.3 is 0 Å². The van der Waals surface area contributed by atoms with Crippen LogP contribution >= 0.6 is 0 Å². The summed E-state index contributed by atoms with van der Waals surface area (Å²) in [4.78, 5) is 1.25. The van der Waals surface area contributed by atoms with Crippen molar-refractivity contribution in [1.82, 2.24) is 4.90 Å². The van der Waals surface area contributed by atoms with Gasteiger partial charge in [0.2, 0.25) is 0 Å². The molecule has 4 heteroatoms. The molecule has 0 atom stereocenters. The molecule has 0 radical (unpaired) electrons. The molecule has 10 heavy (non-hydrogen) atoms. The highest BCUT2D eigenvalue weighted by Crippen LogP contribution is 2.16. The summed E-state index contributed by atoms with van der Waals surface area (Å²) in [5.41, 5.74) is 0. The van der Waals surface area contributed by atoms with Crippen molar-refractivity contribution in [3.05, 3.63) is 0 Å². The number of halogens is 3. The molecule has 0 N–H and O–H groups in total. The highest BCUT2D eigenvalue weighted by Gasteiger charge is 2.29. The van der Waals surface area contributed by atoms with E-state index in [9.17, 15) is 13.2 Å². The van der Waals surface area contributed by atoms with Crippen LogP contribution in [0.5, 0.6) is 0 Å². The Hall–Kier alpha value is -0.250. The molecule has 0 saturated carbocycles. The number of alkyl halides is 3. The third-order valence-electron chi connectivity index (χ3n) is 1.31. The first-order valence-electron chi connectivity index (χ1n) is 3.10. The zero-order valence-electron chi connectivity index (χ0n) is 6.37. The van der Waals surface area contributed by atoms with Crippen molar-refractivity contribution in [2.75, 3.05) is 13.6 Å². The normalized spacial score (nSPS) is 13.2. The maximum Gasteiger partial charge on any atom is 0.401 e. The SMILES string of the molecule is CC(C)N(C)CC(F)(F)F. The van der Waals surface area contributed by atoms with Crippen molar-refractivity contribution in [3.63, 3.8) is 0 Å². The second kappa shape index (κ2) is 3.23. The maximum atomic E-state index is 11.6. The van der Waals surface area contributed by atoms with Gasteiger partial charge in [-0.05, 0) is 20.9 Å². The Morgan fingerprint density at radius 2 is 1.70 bits per heavy atom. The van der Waals surface area contributed by atoms with Crippen LogP contribution < -0.4 is 0 Å². The smallest absolute Gasteiger partial charge is 0.296 e. The van der Waals surface area contributed by atoms with E-state index in [2.05, 4.69) is 0 Å². The van der Waals surface area contributed by atoms with Gasteiger partial charge in [0, 0.05) is 6.04 Å². The van der Waals surface area contributed by atoms with E-state index < -0.39 is 12.7 Å². The van der Waals surface area contributed by atoms with Crippen molar-refractivity contribution >= 4 is 0 Å². The molecule has 0 heterocycles. The molecular formula is C6H12F3N. The fourth-order valence-electron chi connectivity index (χ4n) is 0.465. The minimum absolute atomic E-state index is 0.0541. The molecule has 0 rings (SSSR count). The Morgan fingerprint density at radius 1 is 1.30 bits per heavy atom. The van der Waals surface area contributed by atoms with Crippen LogP contribution in [0, 0.1) is 0 Å². The quantitative estimate of drug-likeness (QED) is 0.588. The Morgan fingerprint density at radius 3 is 1.80 bits per heavy atom. The number of rotatable bonds is 2. The van der Waals surface area contributed by atoms with E-state index in [1.807, 2.05) is 0 Å². The van der Waals surface area contributed by atoms with Gasteiger partial charge in [-0.15, -0.1) is 0 Å². The first kappa shape index (κ1) is 9.75. The fourth-order valence-corrected chi connectivity index (χ4v) is 0.465. The monoisotopic (exact) mass is 155 g/mol. The summed E-state index contributed by atoms with van der Waals surface area (Å²) in [7, 11) is 1.46. The second-order valence-electron chi connectivity index (χ2n) is 2.62. The van der Waals surface area contributed by atoms with E-state index in [0.29, 0.717) is 0 Å². The van der Waals surface area contributed by atoms with Crippen LogP contribution in [0.2, 0.25) is 0 Å². The summed E-state index contributed by atoms with van der Waals surface area (Å²) in [6, 6.07) is -0.0541. The van der Waals surface area contributed by atoms with Crippen LogP contribution in [0.4, 0.5) is 13.2 Å². The molecular weight excluding hydrogens is 143 g/mol. The van der Waals surface area contributed by atoms with Gasteiger partial charge in [-0.25, -0.2) is 0 Å². The zero-order valence-corrected chi connectivity index (χ0v) is 6.37. The Balaban J connectivity index is 3.68. The molecule has 0 fully saturated rings. The standard InChI is InChI=1S/C6H12F3N/c1-5(2)10(3)4-6(7,8)9/h5H,4H2,1-3H3. The average molecular weight is 155 g/mol. The largest absolute Gasteiger partial charge is 0.401 e. The van der Waals surface area contributed by atoms with Crippen molar-refractivity contribution in [3.8, 4) is 0 Å². The Bertz CT molecular complexity index is 97.7. The third-order valence-corrected chi connectivity index (χ3v) is 1.31. The first-order chi connectivity index (χ1) is 4.33. The predicted octanol–water partition coefficient (Wildman–Crippen LogP) is 1.89. The molecule has 0 aromatic rings. The van der Waals surface area contributed by atoms with E-state index in [1.54, 1.807) is 13.8 Å². The number of nitrogens with zero attached hydrogens (tertiary/aromatic N) is 1. The van der Waals surface area contributed by atoms with Crippen LogP contribution in [0.15, 0.2) is 0 Å². The summed E-state index contributed by atoms with van der Waals surface area (Å²) in [6.45, 7) is 2.63. The lowest BCUT2D eigenvalue weighted by atomic mass is 10.3. The molecule has 62 valence electrons. The highest BCUT2D eigenvalue weighted by molar-refractivity contribution is 4.61. The van der Waals surface area contributed by atoms with Crippen LogP contribution in [-0.2, 0) is 0 Å². The topological polar surface area (TPSA) is 3.24 Å². The molecule has 0 spiro atoms. The van der Waals surface area contributed by atoms with E-state index in [0.717, 1.165) is 0 Å². The summed E-state index contributed by atoms with van der Waals surface area (Å²) in [6.07, 6.45) is -4.07. The van der Waals surface area contributed by atoms with Gasteiger partial charge >= 0.3 is 6.18 Å². The van der Waals surface area contributed by atoms with Crippen LogP contribution in [0.3, 0.4) is 0 Å². The molecule has 0 bridgehead atoms. The lowest BCUT2D eigenvalue weighted by Crippen LogP contribution is -2.35. The van der Waals surface area contributed by atoms with Crippen molar-refractivity contribution < 1.29 is 13.2 Å². The summed E-state index contributed by atoms with van der Waals surface area (Å²) in [5, 5.41) is 0. The maximum absolute atomic E-state index is 11.6. The molecule has 0 aliphatic heterocycles. The molecule has 0 aromatic heterocycles. The molecule has 0 amide bonds. The highest BCUT2D eigenvalue weighted by atomic mass is 19.4. The van der Waals surface area contributed by atoms with Gasteiger partial charge in [-0.1, -0.05) is 0 Å². The summed E-state index contributed by atoms with van der Waals surface area (Å²) in [5.74, 6) is 0. The molecule has 0 saturated heterocycles. The van der Waals surface area contributed by atoms with Gasteiger partial charge in [0.1, 0.15) is 0 Å².